The predicted molar refractivity (Wildman–Crippen MR) is 61.1 cm³/mol. The van der Waals surface area contributed by atoms with Crippen LogP contribution in [0.3, 0.4) is 0 Å². The van der Waals surface area contributed by atoms with E-state index in [9.17, 15) is 8.78 Å². The third-order valence-electron chi connectivity index (χ3n) is 2.85. The first-order chi connectivity index (χ1) is 7.47. The van der Waals surface area contributed by atoms with E-state index in [1.54, 1.807) is 0 Å². The summed E-state index contributed by atoms with van der Waals surface area (Å²) < 4.78 is 26.7. The van der Waals surface area contributed by atoms with E-state index in [2.05, 4.69) is 0 Å². The van der Waals surface area contributed by atoms with Gasteiger partial charge < -0.3 is 5.73 Å². The zero-order valence-corrected chi connectivity index (χ0v) is 9.87. The van der Waals surface area contributed by atoms with Crippen LogP contribution in [-0.4, -0.2) is 24.5 Å². The summed E-state index contributed by atoms with van der Waals surface area (Å²) in [6.07, 6.45) is 0. The molecule has 0 aliphatic carbocycles. The highest BCUT2D eigenvalue weighted by Gasteiger charge is 2.21. The summed E-state index contributed by atoms with van der Waals surface area (Å²) in [7, 11) is 1.85. The zero-order chi connectivity index (χ0) is 12.3. The Morgan fingerprint density at radius 1 is 1.31 bits per heavy atom. The number of rotatable bonds is 4. The van der Waals surface area contributed by atoms with Crippen LogP contribution >= 0.6 is 0 Å². The van der Waals surface area contributed by atoms with Gasteiger partial charge >= 0.3 is 0 Å². The minimum Gasteiger partial charge on any atom is -0.329 e. The van der Waals surface area contributed by atoms with Gasteiger partial charge in [-0.15, -0.1) is 0 Å². The summed E-state index contributed by atoms with van der Waals surface area (Å²) in [5.41, 5.74) is 5.95. The van der Waals surface area contributed by atoms with Gasteiger partial charge in [-0.1, -0.05) is 0 Å². The van der Waals surface area contributed by atoms with Crippen molar-refractivity contribution >= 4 is 0 Å². The summed E-state index contributed by atoms with van der Waals surface area (Å²) in [4.78, 5) is 1.93. The summed E-state index contributed by atoms with van der Waals surface area (Å²) >= 11 is 0. The highest BCUT2D eigenvalue weighted by molar-refractivity contribution is 5.22. The number of hydrogen-bond donors (Lipinski definition) is 1. The molecule has 0 saturated heterocycles. The molecule has 90 valence electrons. The number of likely N-dealkylation sites (N-methyl/N-ethyl adjacent to an activating group) is 1. The van der Waals surface area contributed by atoms with Gasteiger partial charge in [-0.25, -0.2) is 8.78 Å². The van der Waals surface area contributed by atoms with E-state index in [0.29, 0.717) is 5.56 Å². The fraction of sp³-hybridized carbons (Fsp3) is 0.500. The third kappa shape index (κ3) is 2.77. The van der Waals surface area contributed by atoms with Crippen molar-refractivity contribution in [2.24, 2.45) is 5.73 Å². The second-order valence-electron chi connectivity index (χ2n) is 4.18. The first-order valence-electron chi connectivity index (χ1n) is 5.34. The number of nitrogens with zero attached hydrogens (tertiary/aromatic N) is 1. The molecule has 0 aromatic heterocycles. The van der Waals surface area contributed by atoms with Crippen molar-refractivity contribution in [3.8, 4) is 0 Å². The maximum Gasteiger partial charge on any atom is 0.128 e. The molecule has 1 rings (SSSR count). The fourth-order valence-electron chi connectivity index (χ4n) is 1.64. The van der Waals surface area contributed by atoms with Gasteiger partial charge in [0.2, 0.25) is 0 Å². The van der Waals surface area contributed by atoms with Crippen LogP contribution < -0.4 is 5.73 Å². The van der Waals surface area contributed by atoms with Gasteiger partial charge in [0.05, 0.1) is 0 Å². The number of benzene rings is 1. The first-order valence-corrected chi connectivity index (χ1v) is 5.34. The summed E-state index contributed by atoms with van der Waals surface area (Å²) in [6, 6.07) is 3.39. The summed E-state index contributed by atoms with van der Waals surface area (Å²) in [5.74, 6) is -0.851. The Morgan fingerprint density at radius 3 is 2.44 bits per heavy atom. The van der Waals surface area contributed by atoms with Gasteiger partial charge in [0, 0.05) is 24.2 Å². The molecular formula is C12H18F2N2. The first kappa shape index (κ1) is 13.1. The van der Waals surface area contributed by atoms with Crippen LogP contribution in [0.5, 0.6) is 0 Å². The van der Waals surface area contributed by atoms with Crippen LogP contribution in [-0.2, 0) is 0 Å². The Hall–Kier alpha value is -1.00. The molecule has 0 fully saturated rings. The van der Waals surface area contributed by atoms with Crippen LogP contribution in [0, 0.1) is 11.6 Å². The maximum atomic E-state index is 13.6. The Balaban J connectivity index is 3.07. The van der Waals surface area contributed by atoms with E-state index in [-0.39, 0.29) is 18.6 Å². The molecule has 4 heteroatoms. The average molecular weight is 228 g/mol. The molecule has 1 unspecified atom stereocenters. The van der Waals surface area contributed by atoms with Crippen LogP contribution in [0.4, 0.5) is 8.78 Å². The van der Waals surface area contributed by atoms with Gasteiger partial charge in [0.15, 0.2) is 0 Å². The molecule has 0 amide bonds. The molecule has 0 heterocycles. The minimum atomic E-state index is -0.438. The lowest BCUT2D eigenvalue weighted by Gasteiger charge is -2.30. The SMILES string of the molecule is CC(C)N(C)C(CN)c1cc(F)ccc1F. The van der Waals surface area contributed by atoms with Crippen molar-refractivity contribution in [2.75, 3.05) is 13.6 Å². The van der Waals surface area contributed by atoms with E-state index in [1.807, 2.05) is 25.8 Å². The molecular weight excluding hydrogens is 210 g/mol. The van der Waals surface area contributed by atoms with E-state index in [1.165, 1.54) is 6.07 Å². The van der Waals surface area contributed by atoms with Crippen molar-refractivity contribution < 1.29 is 8.78 Å². The molecule has 2 N–H and O–H groups in total. The van der Waals surface area contributed by atoms with Gasteiger partial charge in [0.1, 0.15) is 11.6 Å². The Bertz CT molecular complexity index is 353. The second-order valence-corrected chi connectivity index (χ2v) is 4.18. The second kappa shape index (κ2) is 5.37. The highest BCUT2D eigenvalue weighted by Crippen LogP contribution is 2.23. The molecule has 0 aliphatic heterocycles. The van der Waals surface area contributed by atoms with E-state index < -0.39 is 11.6 Å². The molecule has 1 atom stereocenters. The molecule has 0 radical (unpaired) electrons. The predicted octanol–water partition coefficient (Wildman–Crippen LogP) is 2.30. The van der Waals surface area contributed by atoms with Crippen LogP contribution in [0.2, 0.25) is 0 Å². The van der Waals surface area contributed by atoms with Gasteiger partial charge in [-0.3, -0.25) is 4.90 Å². The van der Waals surface area contributed by atoms with Crippen LogP contribution in [0.1, 0.15) is 25.5 Å². The monoisotopic (exact) mass is 228 g/mol. The third-order valence-corrected chi connectivity index (χ3v) is 2.85. The van der Waals surface area contributed by atoms with E-state index >= 15 is 0 Å². The molecule has 0 aliphatic rings. The standard InChI is InChI=1S/C12H18F2N2/c1-8(2)16(3)12(7-15)10-6-9(13)4-5-11(10)14/h4-6,8,12H,7,15H2,1-3H3. The Kier molecular flexibility index (Phi) is 4.38. The average Bonchev–Trinajstić information content (AvgIpc) is 2.23. The van der Waals surface area contributed by atoms with Gasteiger partial charge in [-0.2, -0.15) is 0 Å². The van der Waals surface area contributed by atoms with Gasteiger partial charge in [-0.05, 0) is 39.1 Å². The van der Waals surface area contributed by atoms with Crippen molar-refractivity contribution in [1.29, 1.82) is 0 Å². The number of nitrogens with two attached hydrogens (primary N) is 1. The topological polar surface area (TPSA) is 29.3 Å². The molecule has 0 spiro atoms. The van der Waals surface area contributed by atoms with Gasteiger partial charge in [0.25, 0.3) is 0 Å². The highest BCUT2D eigenvalue weighted by atomic mass is 19.1. The van der Waals surface area contributed by atoms with Crippen molar-refractivity contribution in [3.63, 3.8) is 0 Å². The number of hydrogen-bond acceptors (Lipinski definition) is 2. The summed E-state index contributed by atoms with van der Waals surface area (Å²) in [5, 5.41) is 0. The van der Waals surface area contributed by atoms with Crippen molar-refractivity contribution in [2.45, 2.75) is 25.9 Å². The summed E-state index contributed by atoms with van der Waals surface area (Å²) in [6.45, 7) is 4.23. The quantitative estimate of drug-likeness (QED) is 0.856. The lowest BCUT2D eigenvalue weighted by molar-refractivity contribution is 0.197. The van der Waals surface area contributed by atoms with E-state index in [0.717, 1.165) is 12.1 Å². The Morgan fingerprint density at radius 2 is 1.94 bits per heavy atom. The molecule has 2 nitrogen and oxygen atoms in total. The molecule has 1 aromatic carbocycles. The molecule has 0 saturated carbocycles. The number of halogens is 2. The molecule has 16 heavy (non-hydrogen) atoms. The lowest BCUT2D eigenvalue weighted by atomic mass is 10.0. The lowest BCUT2D eigenvalue weighted by Crippen LogP contribution is -2.36. The molecule has 1 aromatic rings. The minimum absolute atomic E-state index is 0.219. The smallest absolute Gasteiger partial charge is 0.128 e. The largest absolute Gasteiger partial charge is 0.329 e. The van der Waals surface area contributed by atoms with Crippen LogP contribution in [0.15, 0.2) is 18.2 Å². The Labute approximate surface area is 95.1 Å². The fourth-order valence-corrected chi connectivity index (χ4v) is 1.64. The van der Waals surface area contributed by atoms with E-state index in [4.69, 9.17) is 5.73 Å². The molecule has 0 bridgehead atoms. The van der Waals surface area contributed by atoms with Crippen molar-refractivity contribution in [3.05, 3.63) is 35.4 Å². The van der Waals surface area contributed by atoms with Crippen LogP contribution in [0.25, 0.3) is 0 Å². The van der Waals surface area contributed by atoms with Crippen molar-refractivity contribution in [1.82, 2.24) is 4.90 Å². The normalized spacial score (nSPS) is 13.5. The zero-order valence-electron chi connectivity index (χ0n) is 9.87. The maximum absolute atomic E-state index is 13.6.